The molecule has 0 aliphatic heterocycles. The Kier molecular flexibility index (Phi) is 4.23. The number of nitrogens with two attached hydrogens (primary N) is 1. The average molecular weight is 317 g/mol. The van der Waals surface area contributed by atoms with Crippen molar-refractivity contribution in [1.82, 2.24) is 14.5 Å². The summed E-state index contributed by atoms with van der Waals surface area (Å²) in [4.78, 5) is 4.14. The molecule has 0 saturated heterocycles. The number of sulfone groups is 1. The zero-order valence-corrected chi connectivity index (χ0v) is 12.7. The van der Waals surface area contributed by atoms with E-state index in [4.69, 9.17) is 10.3 Å². The number of aryl methyl sites for hydroxylation is 1. The van der Waals surface area contributed by atoms with Crippen LogP contribution >= 0.6 is 11.5 Å². The number of hydrogen-bond donors (Lipinski definition) is 2. The minimum atomic E-state index is -3.40. The van der Waals surface area contributed by atoms with Crippen LogP contribution < -0.4 is 11.1 Å². The maximum absolute atomic E-state index is 11.9. The second-order valence-corrected chi connectivity index (χ2v) is 7.03. The Balaban J connectivity index is 2.07. The third-order valence-electron chi connectivity index (χ3n) is 2.56. The first-order valence-electron chi connectivity index (χ1n) is 5.95. The standard InChI is InChI=1S/C10H15N5O3S2/c1-3-20(16,17)8-9(11)15-19-10(8)12-5-4-7-13-6(2)14-18-7/h12H,3-5H2,1-2H3,(H2,11,15). The summed E-state index contributed by atoms with van der Waals surface area (Å²) in [5.41, 5.74) is 5.63. The number of aromatic nitrogens is 3. The van der Waals surface area contributed by atoms with Gasteiger partial charge in [0.15, 0.2) is 21.5 Å². The summed E-state index contributed by atoms with van der Waals surface area (Å²) in [6, 6.07) is 0. The molecular weight excluding hydrogens is 302 g/mol. The summed E-state index contributed by atoms with van der Waals surface area (Å²) in [7, 11) is -3.40. The predicted octanol–water partition coefficient (Wildman–Crippen LogP) is 0.865. The summed E-state index contributed by atoms with van der Waals surface area (Å²) >= 11 is 1.03. The fraction of sp³-hybridized carbons (Fsp3) is 0.500. The minimum Gasteiger partial charge on any atom is -0.382 e. The number of nitrogens with one attached hydrogen (secondary N) is 1. The number of nitrogen functional groups attached to an aromatic ring is 1. The van der Waals surface area contributed by atoms with Gasteiger partial charge in [0.25, 0.3) is 0 Å². The molecule has 0 aliphatic rings. The molecule has 3 N–H and O–H groups in total. The van der Waals surface area contributed by atoms with Crippen LogP contribution in [0.1, 0.15) is 18.6 Å². The Labute approximate surface area is 120 Å². The van der Waals surface area contributed by atoms with Crippen LogP contribution in [0.4, 0.5) is 10.8 Å². The summed E-state index contributed by atoms with van der Waals surface area (Å²) < 4.78 is 32.7. The Morgan fingerprint density at radius 2 is 2.20 bits per heavy atom. The van der Waals surface area contributed by atoms with Crippen molar-refractivity contribution in [2.45, 2.75) is 25.2 Å². The molecule has 8 nitrogen and oxygen atoms in total. The van der Waals surface area contributed by atoms with E-state index in [-0.39, 0.29) is 16.5 Å². The third kappa shape index (κ3) is 3.07. The highest BCUT2D eigenvalue weighted by Crippen LogP contribution is 2.32. The van der Waals surface area contributed by atoms with Gasteiger partial charge < -0.3 is 15.6 Å². The first kappa shape index (κ1) is 14.7. The summed E-state index contributed by atoms with van der Waals surface area (Å²) in [5.74, 6) is 1.07. The Morgan fingerprint density at radius 3 is 2.80 bits per heavy atom. The molecule has 20 heavy (non-hydrogen) atoms. The Bertz CT molecular complexity index is 692. The van der Waals surface area contributed by atoms with Crippen molar-refractivity contribution in [3.05, 3.63) is 11.7 Å². The van der Waals surface area contributed by atoms with Gasteiger partial charge >= 0.3 is 0 Å². The van der Waals surface area contributed by atoms with Gasteiger partial charge in [0.1, 0.15) is 9.90 Å². The maximum atomic E-state index is 11.9. The summed E-state index contributed by atoms with van der Waals surface area (Å²) in [5, 5.41) is 7.12. The second-order valence-electron chi connectivity index (χ2n) is 4.04. The molecule has 0 aromatic carbocycles. The van der Waals surface area contributed by atoms with Crippen LogP contribution in [0.25, 0.3) is 0 Å². The molecule has 2 rings (SSSR count). The molecule has 0 saturated carbocycles. The molecule has 2 heterocycles. The lowest BCUT2D eigenvalue weighted by Crippen LogP contribution is -2.11. The van der Waals surface area contributed by atoms with Gasteiger partial charge in [-0.3, -0.25) is 0 Å². The molecule has 0 radical (unpaired) electrons. The van der Waals surface area contributed by atoms with E-state index in [9.17, 15) is 8.42 Å². The highest BCUT2D eigenvalue weighted by atomic mass is 32.2. The van der Waals surface area contributed by atoms with E-state index < -0.39 is 9.84 Å². The molecule has 0 bridgehead atoms. The van der Waals surface area contributed by atoms with Gasteiger partial charge in [-0.1, -0.05) is 12.1 Å². The molecule has 10 heteroatoms. The van der Waals surface area contributed by atoms with E-state index in [1.807, 2.05) is 0 Å². The number of rotatable bonds is 6. The highest BCUT2D eigenvalue weighted by Gasteiger charge is 2.23. The molecule has 0 fully saturated rings. The molecular formula is C10H15N5O3S2. The smallest absolute Gasteiger partial charge is 0.228 e. The molecule has 0 atom stereocenters. The Hall–Kier alpha value is -1.68. The van der Waals surface area contributed by atoms with Crippen LogP contribution in [-0.2, 0) is 16.3 Å². The van der Waals surface area contributed by atoms with E-state index >= 15 is 0 Å². The van der Waals surface area contributed by atoms with E-state index in [0.717, 1.165) is 11.5 Å². The van der Waals surface area contributed by atoms with Crippen LogP contribution in [0.15, 0.2) is 9.42 Å². The first-order chi connectivity index (χ1) is 9.44. The topological polar surface area (TPSA) is 124 Å². The molecule has 110 valence electrons. The van der Waals surface area contributed by atoms with E-state index in [1.165, 1.54) is 0 Å². The van der Waals surface area contributed by atoms with Gasteiger partial charge in [-0.05, 0) is 18.5 Å². The van der Waals surface area contributed by atoms with Crippen molar-refractivity contribution in [2.24, 2.45) is 0 Å². The second kappa shape index (κ2) is 5.75. The van der Waals surface area contributed by atoms with E-state index in [0.29, 0.717) is 29.7 Å². The zero-order chi connectivity index (χ0) is 14.8. The van der Waals surface area contributed by atoms with Crippen molar-refractivity contribution in [3.8, 4) is 0 Å². The SMILES string of the molecule is CCS(=O)(=O)c1c(N)nsc1NCCc1nc(C)no1. The maximum Gasteiger partial charge on any atom is 0.228 e. The number of anilines is 2. The molecule has 0 amide bonds. The van der Waals surface area contributed by atoms with Crippen molar-refractivity contribution in [1.29, 1.82) is 0 Å². The lowest BCUT2D eigenvalue weighted by molar-refractivity contribution is 0.377. The highest BCUT2D eigenvalue weighted by molar-refractivity contribution is 7.91. The van der Waals surface area contributed by atoms with E-state index in [2.05, 4.69) is 19.8 Å². The molecule has 0 spiro atoms. The molecule has 0 aliphatic carbocycles. The van der Waals surface area contributed by atoms with Crippen molar-refractivity contribution in [3.63, 3.8) is 0 Å². The first-order valence-corrected chi connectivity index (χ1v) is 8.37. The summed E-state index contributed by atoms with van der Waals surface area (Å²) in [6.45, 7) is 3.75. The molecule has 2 aromatic heterocycles. The van der Waals surface area contributed by atoms with Crippen LogP contribution in [0.3, 0.4) is 0 Å². The average Bonchev–Trinajstić information content (AvgIpc) is 2.96. The van der Waals surface area contributed by atoms with Crippen LogP contribution in [0, 0.1) is 6.92 Å². The van der Waals surface area contributed by atoms with Gasteiger partial charge in [0.05, 0.1) is 5.75 Å². The van der Waals surface area contributed by atoms with E-state index in [1.54, 1.807) is 13.8 Å². The normalized spacial score (nSPS) is 11.7. The van der Waals surface area contributed by atoms with Crippen molar-refractivity contribution < 1.29 is 12.9 Å². The minimum absolute atomic E-state index is 0.0207. The van der Waals surface area contributed by atoms with Gasteiger partial charge in [-0.2, -0.15) is 9.36 Å². The van der Waals surface area contributed by atoms with Crippen LogP contribution in [-0.4, -0.2) is 35.2 Å². The fourth-order valence-corrected chi connectivity index (χ4v) is 3.77. The van der Waals surface area contributed by atoms with Crippen molar-refractivity contribution in [2.75, 3.05) is 23.3 Å². The zero-order valence-electron chi connectivity index (χ0n) is 11.1. The van der Waals surface area contributed by atoms with Gasteiger partial charge in [0.2, 0.25) is 5.89 Å². The summed E-state index contributed by atoms with van der Waals surface area (Å²) in [6.07, 6.45) is 0.490. The number of hydrogen-bond acceptors (Lipinski definition) is 9. The van der Waals surface area contributed by atoms with Gasteiger partial charge in [0, 0.05) is 13.0 Å². The van der Waals surface area contributed by atoms with Gasteiger partial charge in [-0.15, -0.1) is 0 Å². The predicted molar refractivity (Wildman–Crippen MR) is 75.5 cm³/mol. The lowest BCUT2D eigenvalue weighted by atomic mass is 10.4. The Morgan fingerprint density at radius 1 is 1.45 bits per heavy atom. The molecule has 0 unspecified atom stereocenters. The van der Waals surface area contributed by atoms with Gasteiger partial charge in [-0.25, -0.2) is 8.42 Å². The fourth-order valence-electron chi connectivity index (χ4n) is 1.58. The number of nitrogens with zero attached hydrogens (tertiary/aromatic N) is 3. The van der Waals surface area contributed by atoms with Crippen LogP contribution in [0.5, 0.6) is 0 Å². The monoisotopic (exact) mass is 317 g/mol. The lowest BCUT2D eigenvalue weighted by Gasteiger charge is -2.05. The van der Waals surface area contributed by atoms with Crippen LogP contribution in [0.2, 0.25) is 0 Å². The third-order valence-corrected chi connectivity index (χ3v) is 5.30. The largest absolute Gasteiger partial charge is 0.382 e. The van der Waals surface area contributed by atoms with Crippen molar-refractivity contribution >= 4 is 32.2 Å². The quantitative estimate of drug-likeness (QED) is 0.804. The molecule has 2 aromatic rings.